The van der Waals surface area contributed by atoms with Crippen LogP contribution < -0.4 is 0 Å². The van der Waals surface area contributed by atoms with Gasteiger partial charge in [0.05, 0.1) is 0 Å². The van der Waals surface area contributed by atoms with E-state index < -0.39 is 0 Å². The van der Waals surface area contributed by atoms with Gasteiger partial charge in [-0.3, -0.25) is 0 Å². The molecule has 0 saturated carbocycles. The highest BCUT2D eigenvalue weighted by Crippen LogP contribution is 2.07. The molecule has 0 saturated heterocycles. The Hall–Kier alpha value is -0.780. The summed E-state index contributed by atoms with van der Waals surface area (Å²) < 4.78 is 0. The minimum atomic E-state index is 1.25. The van der Waals surface area contributed by atoms with Crippen LogP contribution in [0, 0.1) is 20.8 Å². The fraction of sp³-hybridized carbons (Fsp3) is 0.571. The van der Waals surface area contributed by atoms with E-state index in [1.165, 1.54) is 23.1 Å². The molecule has 0 heterocycles. The van der Waals surface area contributed by atoms with Gasteiger partial charge in [-0.2, -0.15) is 0 Å². The van der Waals surface area contributed by atoms with Crippen molar-refractivity contribution in [2.24, 2.45) is 0 Å². The van der Waals surface area contributed by atoms with Crippen LogP contribution in [0.25, 0.3) is 0 Å². The van der Waals surface area contributed by atoms with E-state index in [4.69, 9.17) is 0 Å². The van der Waals surface area contributed by atoms with Crippen LogP contribution in [0.4, 0.5) is 0 Å². The lowest BCUT2D eigenvalue weighted by molar-refractivity contribution is 1.09. The zero-order valence-corrected chi connectivity index (χ0v) is 10.9. The van der Waals surface area contributed by atoms with Gasteiger partial charge in [0.15, 0.2) is 0 Å². The Morgan fingerprint density at radius 3 is 1.57 bits per heavy atom. The maximum Gasteiger partial charge on any atom is -0.0395 e. The number of hydrogen-bond donors (Lipinski definition) is 0. The van der Waals surface area contributed by atoms with Crippen LogP contribution in [-0.2, 0) is 0 Å². The number of aryl methyl sites for hydroxylation is 3. The van der Waals surface area contributed by atoms with E-state index in [-0.39, 0.29) is 0 Å². The van der Waals surface area contributed by atoms with E-state index in [0.717, 1.165) is 0 Å². The molecule has 0 nitrogen and oxygen atoms in total. The van der Waals surface area contributed by atoms with Crippen LogP contribution in [-0.4, -0.2) is 0 Å². The Kier molecular flexibility index (Phi) is 11.5. The lowest BCUT2D eigenvalue weighted by Gasteiger charge is -1.98. The van der Waals surface area contributed by atoms with Gasteiger partial charge >= 0.3 is 0 Å². The highest BCUT2D eigenvalue weighted by molar-refractivity contribution is 5.28. The maximum absolute atomic E-state index is 2.20. The third kappa shape index (κ3) is 7.85. The fourth-order valence-corrected chi connectivity index (χ4v) is 0.891. The van der Waals surface area contributed by atoms with Gasteiger partial charge in [-0.25, -0.2) is 0 Å². The van der Waals surface area contributed by atoms with Crippen molar-refractivity contribution in [2.75, 3.05) is 0 Å². The summed E-state index contributed by atoms with van der Waals surface area (Å²) in [5, 5.41) is 0. The normalized spacial score (nSPS) is 7.93. The molecule has 1 aromatic carbocycles. The maximum atomic E-state index is 2.20. The predicted octanol–water partition coefficient (Wildman–Crippen LogP) is 5.05. The van der Waals surface area contributed by atoms with E-state index in [0.29, 0.717) is 0 Å². The van der Waals surface area contributed by atoms with Crippen molar-refractivity contribution in [2.45, 2.75) is 54.9 Å². The van der Waals surface area contributed by atoms with Gasteiger partial charge < -0.3 is 0 Å². The van der Waals surface area contributed by atoms with Crippen molar-refractivity contribution in [3.63, 3.8) is 0 Å². The standard InChI is InChI=1S/C9H12.C3H8.C2H6/c1-7-4-5-8(2)9(3)6-7;1-3-2;1-2/h4-6H,1-3H3;3H2,1-2H3;1-2H3. The molecule has 1 aromatic rings. The van der Waals surface area contributed by atoms with Crippen molar-refractivity contribution < 1.29 is 0 Å². The third-order valence-electron chi connectivity index (χ3n) is 1.66. The largest absolute Gasteiger partial charge is 0.0683 e. The highest BCUT2D eigenvalue weighted by atomic mass is 13.9. The van der Waals surface area contributed by atoms with E-state index in [9.17, 15) is 0 Å². The van der Waals surface area contributed by atoms with Crippen molar-refractivity contribution in [1.82, 2.24) is 0 Å². The molecule has 0 spiro atoms. The van der Waals surface area contributed by atoms with Gasteiger partial charge in [0, 0.05) is 0 Å². The minimum absolute atomic E-state index is 1.25. The first-order chi connectivity index (χ1) is 6.61. The van der Waals surface area contributed by atoms with Gasteiger partial charge in [0.2, 0.25) is 0 Å². The quantitative estimate of drug-likeness (QED) is 0.542. The Morgan fingerprint density at radius 1 is 0.857 bits per heavy atom. The molecule has 0 atom stereocenters. The monoisotopic (exact) mass is 194 g/mol. The smallest absolute Gasteiger partial charge is 0.0395 e. The Balaban J connectivity index is 0. The van der Waals surface area contributed by atoms with Gasteiger partial charge in [-0.1, -0.05) is 57.9 Å². The van der Waals surface area contributed by atoms with Crippen LogP contribution in [0.3, 0.4) is 0 Å². The first kappa shape index (κ1) is 15.7. The summed E-state index contributed by atoms with van der Waals surface area (Å²) in [4.78, 5) is 0. The number of rotatable bonds is 0. The summed E-state index contributed by atoms with van der Waals surface area (Å²) in [6, 6.07) is 6.50. The molecule has 0 fully saturated rings. The zero-order chi connectivity index (χ0) is 11.6. The van der Waals surface area contributed by atoms with Gasteiger partial charge in [0.25, 0.3) is 0 Å². The average Bonchev–Trinajstić information content (AvgIpc) is 2.17. The molecule has 14 heavy (non-hydrogen) atoms. The van der Waals surface area contributed by atoms with Crippen molar-refractivity contribution in [3.8, 4) is 0 Å². The van der Waals surface area contributed by atoms with Crippen LogP contribution >= 0.6 is 0 Å². The third-order valence-corrected chi connectivity index (χ3v) is 1.66. The number of hydrogen-bond acceptors (Lipinski definition) is 0. The molecule has 0 N–H and O–H groups in total. The molecule has 0 radical (unpaired) electrons. The second kappa shape index (κ2) is 10.3. The molecule has 0 bridgehead atoms. The van der Waals surface area contributed by atoms with Gasteiger partial charge in [0.1, 0.15) is 0 Å². The summed E-state index contributed by atoms with van der Waals surface area (Å²) in [5.74, 6) is 0. The summed E-state index contributed by atoms with van der Waals surface area (Å²) >= 11 is 0. The number of benzene rings is 1. The van der Waals surface area contributed by atoms with E-state index >= 15 is 0 Å². The highest BCUT2D eigenvalue weighted by Gasteiger charge is 1.89. The molecule has 0 aliphatic carbocycles. The molecule has 0 aliphatic heterocycles. The Bertz CT molecular complexity index is 223. The molecule has 82 valence electrons. The van der Waals surface area contributed by atoms with Crippen LogP contribution in [0.2, 0.25) is 0 Å². The topological polar surface area (TPSA) is 0 Å². The lowest BCUT2D eigenvalue weighted by Crippen LogP contribution is -1.79. The van der Waals surface area contributed by atoms with E-state index in [2.05, 4.69) is 52.8 Å². The van der Waals surface area contributed by atoms with Crippen molar-refractivity contribution in [1.29, 1.82) is 0 Å². The molecule has 0 aromatic heterocycles. The van der Waals surface area contributed by atoms with Crippen molar-refractivity contribution >= 4 is 0 Å². The van der Waals surface area contributed by atoms with Crippen LogP contribution in [0.1, 0.15) is 50.8 Å². The SMILES string of the molecule is CC.CCC.Cc1ccc(C)c(C)c1. The zero-order valence-electron chi connectivity index (χ0n) is 10.9. The first-order valence-corrected chi connectivity index (χ1v) is 5.65. The second-order valence-corrected chi connectivity index (χ2v) is 3.29. The summed E-state index contributed by atoms with van der Waals surface area (Å²) in [5.41, 5.74) is 4.11. The molecular weight excluding hydrogens is 168 g/mol. The summed E-state index contributed by atoms with van der Waals surface area (Å²) in [7, 11) is 0. The van der Waals surface area contributed by atoms with Gasteiger partial charge in [-0.05, 0) is 31.9 Å². The van der Waals surface area contributed by atoms with Gasteiger partial charge in [-0.15, -0.1) is 0 Å². The molecule has 0 aliphatic rings. The second-order valence-electron chi connectivity index (χ2n) is 3.29. The molecule has 0 unspecified atom stereocenters. The first-order valence-electron chi connectivity index (χ1n) is 5.65. The summed E-state index contributed by atoms with van der Waals surface area (Å²) in [6.07, 6.45) is 1.25. The summed E-state index contributed by atoms with van der Waals surface area (Å²) in [6.45, 7) is 14.6. The predicted molar refractivity (Wildman–Crippen MR) is 68.0 cm³/mol. The van der Waals surface area contributed by atoms with E-state index in [1.807, 2.05) is 13.8 Å². The molecule has 1 rings (SSSR count). The molecule has 0 amide bonds. The Labute approximate surface area is 90.4 Å². The average molecular weight is 194 g/mol. The minimum Gasteiger partial charge on any atom is -0.0683 e. The van der Waals surface area contributed by atoms with E-state index in [1.54, 1.807) is 0 Å². The molecular formula is C14H26. The van der Waals surface area contributed by atoms with Crippen molar-refractivity contribution in [3.05, 3.63) is 34.9 Å². The van der Waals surface area contributed by atoms with Crippen LogP contribution in [0.15, 0.2) is 18.2 Å². The fourth-order valence-electron chi connectivity index (χ4n) is 0.891. The molecule has 0 heteroatoms. The lowest BCUT2D eigenvalue weighted by atomic mass is 10.1. The Morgan fingerprint density at radius 2 is 1.29 bits per heavy atom. The van der Waals surface area contributed by atoms with Crippen LogP contribution in [0.5, 0.6) is 0 Å².